The number of fused-ring (bicyclic) bond motifs is 1. The van der Waals surface area contributed by atoms with Gasteiger partial charge in [-0.3, -0.25) is 0 Å². The minimum Gasteiger partial charge on any atom is -0.449 e. The number of carbonyl (C=O) groups is 1. The summed E-state index contributed by atoms with van der Waals surface area (Å²) in [5.74, 6) is 1.64. The van der Waals surface area contributed by atoms with E-state index in [1.807, 2.05) is 0 Å². The first-order chi connectivity index (χ1) is 44.2. The van der Waals surface area contributed by atoms with E-state index in [-0.39, 0.29) is 6.09 Å². The second-order valence-corrected chi connectivity index (χ2v) is 19.7. The summed E-state index contributed by atoms with van der Waals surface area (Å²) in [6.07, 6.45) is 3.49. The van der Waals surface area contributed by atoms with Crippen LogP contribution in [0.1, 0.15) is 25.7 Å². The van der Waals surface area contributed by atoms with Crippen LogP contribution in [-0.2, 0) is 114 Å². The van der Waals surface area contributed by atoms with Crippen LogP contribution >= 0.6 is 0 Å². The first-order valence-electron chi connectivity index (χ1n) is 32.2. The Morgan fingerprint density at radius 1 is 0.326 bits per heavy atom. The molecule has 2 aliphatic carbocycles. The third-order valence-corrected chi connectivity index (χ3v) is 13.0. The van der Waals surface area contributed by atoms with Crippen LogP contribution in [0, 0.1) is 17.8 Å². The van der Waals surface area contributed by atoms with Gasteiger partial charge in [-0.2, -0.15) is 0 Å². The molecule has 0 radical (unpaired) electrons. The molecule has 1 amide bonds. The number of allylic oxidation sites excluding steroid dienone is 2. The topological polar surface area (TPSA) is 315 Å². The summed E-state index contributed by atoms with van der Waals surface area (Å²) in [7, 11) is 1.58. The maximum Gasteiger partial charge on any atom is 0.406 e. The molecule has 1 fully saturated rings. The van der Waals surface area contributed by atoms with Crippen LogP contribution in [0.5, 0.6) is 0 Å². The molecule has 0 aromatic carbocycles. The first-order valence-corrected chi connectivity index (χ1v) is 32.2. The van der Waals surface area contributed by atoms with E-state index >= 15 is 0 Å². The lowest BCUT2D eigenvalue weighted by atomic mass is 10.0. The van der Waals surface area contributed by atoms with Crippen molar-refractivity contribution in [2.24, 2.45) is 29.2 Å². The number of carbonyl (C=O) groups excluding carboxylic acids is 1. The third kappa shape index (κ3) is 58.0. The molecule has 2 aliphatic rings. The minimum atomic E-state index is -0.367. The average molecular weight is 1300 g/mol. The maximum absolute atomic E-state index is 11.4. The Hall–Kier alpha value is -2.35. The van der Waals surface area contributed by atoms with Crippen molar-refractivity contribution in [1.29, 1.82) is 0 Å². The largest absolute Gasteiger partial charge is 0.449 e. The molecule has 0 spiro atoms. The Balaban J connectivity index is 1.11. The van der Waals surface area contributed by atoms with Crippen LogP contribution in [0.3, 0.4) is 0 Å². The van der Waals surface area contributed by atoms with Crippen molar-refractivity contribution in [2.45, 2.75) is 25.7 Å². The van der Waals surface area contributed by atoms with Crippen LogP contribution in [0.4, 0.5) is 4.79 Å². The van der Waals surface area contributed by atoms with Crippen molar-refractivity contribution in [3.05, 3.63) is 11.4 Å². The standard InChI is InChI=1S/C60H118N4O25/c1-63-60(65)89-54-57-55-2-4-58(62)59(5-3-56(55)57)64-7-9-67-11-13-69-15-17-71-19-21-73-23-25-75-27-29-77-31-33-79-35-37-81-39-41-83-43-45-85-47-49-87-51-53-88-52-50-86-48-46-84-44-42-82-40-38-80-36-34-78-32-30-76-28-26-74-24-22-72-20-18-70-16-14-68-12-10-66-8-6-61/h55-57,64H,2-54,61-62H2,1H3,(H,63,65)/b59-58-/t55-,56+,57-/m1/s1. The summed E-state index contributed by atoms with van der Waals surface area (Å²) in [4.78, 5) is 11.4. The summed E-state index contributed by atoms with van der Waals surface area (Å²) in [5, 5.41) is 5.97. The van der Waals surface area contributed by atoms with Crippen molar-refractivity contribution < 1.29 is 118 Å². The number of rotatable bonds is 74. The third-order valence-electron chi connectivity index (χ3n) is 13.0. The lowest BCUT2D eigenvalue weighted by molar-refractivity contribution is -0.0318. The van der Waals surface area contributed by atoms with Crippen molar-refractivity contribution in [1.82, 2.24) is 10.6 Å². The number of ether oxygens (including phenoxy) is 24. The van der Waals surface area contributed by atoms with Crippen molar-refractivity contribution in [2.75, 3.05) is 331 Å². The van der Waals surface area contributed by atoms with E-state index < -0.39 is 0 Å². The minimum absolute atomic E-state index is 0.367. The summed E-state index contributed by atoms with van der Waals surface area (Å²) in [6.45, 7) is 24.5. The second kappa shape index (κ2) is 68.5. The first kappa shape index (κ1) is 82.7. The van der Waals surface area contributed by atoms with Gasteiger partial charge in [0.25, 0.3) is 0 Å². The smallest absolute Gasteiger partial charge is 0.406 e. The SMILES string of the molecule is CNC(=O)OC[C@@H]1[C@@H]2CC/C(N)=C(/NCCOCCOCCOCCOCCOCCOCCOCCOCCOCCOCCOCCOCCOCCOCCOCCOCCOCCOCCOCCOCCOCCOCCOCCN)CC[C@@H]21. The molecule has 6 N–H and O–H groups in total. The van der Waals surface area contributed by atoms with Crippen molar-refractivity contribution >= 4 is 6.09 Å². The monoisotopic (exact) mass is 1290 g/mol. The molecule has 0 unspecified atom stereocenters. The molecule has 29 heteroatoms. The fourth-order valence-electron chi connectivity index (χ4n) is 8.32. The van der Waals surface area contributed by atoms with Gasteiger partial charge in [-0.15, -0.1) is 0 Å². The van der Waals surface area contributed by atoms with Gasteiger partial charge in [0.05, 0.1) is 311 Å². The molecule has 0 heterocycles. The molecule has 0 saturated heterocycles. The number of hydrogen-bond acceptors (Lipinski definition) is 28. The van der Waals surface area contributed by atoms with Gasteiger partial charge in [0, 0.05) is 31.5 Å². The fourth-order valence-corrected chi connectivity index (χ4v) is 8.32. The summed E-state index contributed by atoms with van der Waals surface area (Å²) in [5.41, 5.74) is 13.8. The molecule has 0 aromatic heterocycles. The van der Waals surface area contributed by atoms with Crippen LogP contribution in [0.2, 0.25) is 0 Å². The second-order valence-electron chi connectivity index (χ2n) is 19.7. The highest BCUT2D eigenvalue weighted by molar-refractivity contribution is 5.66. The summed E-state index contributed by atoms with van der Waals surface area (Å²) >= 11 is 0. The van der Waals surface area contributed by atoms with E-state index in [0.717, 1.165) is 37.1 Å². The van der Waals surface area contributed by atoms with Crippen molar-refractivity contribution in [3.8, 4) is 0 Å². The Morgan fingerprint density at radius 3 is 0.742 bits per heavy atom. The molecular weight excluding hydrogens is 1180 g/mol. The maximum atomic E-state index is 11.4. The number of nitrogens with two attached hydrogens (primary N) is 2. The van der Waals surface area contributed by atoms with E-state index in [1.54, 1.807) is 7.05 Å². The predicted octanol–water partition coefficient (Wildman–Crippen LogP) is 0.879. The summed E-state index contributed by atoms with van der Waals surface area (Å²) < 4.78 is 132. The lowest BCUT2D eigenvalue weighted by Crippen LogP contribution is -2.24. The number of amides is 1. The van der Waals surface area contributed by atoms with Crippen molar-refractivity contribution in [3.63, 3.8) is 0 Å². The zero-order valence-electron chi connectivity index (χ0n) is 54.1. The van der Waals surface area contributed by atoms with Crippen LogP contribution in [0.25, 0.3) is 0 Å². The highest BCUT2D eigenvalue weighted by Gasteiger charge is 2.50. The Bertz CT molecular complexity index is 1500. The molecule has 0 bridgehead atoms. The number of hydrogen-bond donors (Lipinski definition) is 4. The quantitative estimate of drug-likeness (QED) is 0.0614. The zero-order chi connectivity index (χ0) is 63.3. The molecule has 528 valence electrons. The molecule has 1 saturated carbocycles. The summed E-state index contributed by atoms with van der Waals surface area (Å²) in [6, 6.07) is 0. The fraction of sp³-hybridized carbons (Fsp3) is 0.950. The van der Waals surface area contributed by atoms with Crippen LogP contribution in [-0.4, -0.2) is 337 Å². The molecule has 2 rings (SSSR count). The van der Waals surface area contributed by atoms with Gasteiger partial charge in [-0.1, -0.05) is 0 Å². The highest BCUT2D eigenvalue weighted by Crippen LogP contribution is 2.53. The van der Waals surface area contributed by atoms with Gasteiger partial charge in [0.1, 0.15) is 0 Å². The number of nitrogens with one attached hydrogen (secondary N) is 2. The van der Waals surface area contributed by atoms with E-state index in [9.17, 15) is 4.79 Å². The highest BCUT2D eigenvalue weighted by atomic mass is 16.6. The Labute approximate surface area is 530 Å². The van der Waals surface area contributed by atoms with Gasteiger partial charge in [-0.25, -0.2) is 4.79 Å². The van der Waals surface area contributed by atoms with Crippen LogP contribution in [0.15, 0.2) is 11.4 Å². The zero-order valence-corrected chi connectivity index (χ0v) is 54.1. The molecular formula is C60H118N4O25. The van der Waals surface area contributed by atoms with Gasteiger partial charge >= 0.3 is 6.09 Å². The van der Waals surface area contributed by atoms with Gasteiger partial charge in [-0.05, 0) is 43.4 Å². The predicted molar refractivity (Wildman–Crippen MR) is 326 cm³/mol. The van der Waals surface area contributed by atoms with E-state index in [2.05, 4.69) is 10.6 Å². The lowest BCUT2D eigenvalue weighted by Gasteiger charge is -2.17. The Morgan fingerprint density at radius 2 is 0.528 bits per heavy atom. The van der Waals surface area contributed by atoms with Gasteiger partial charge in [0.15, 0.2) is 0 Å². The van der Waals surface area contributed by atoms with E-state index in [4.69, 9.17) is 125 Å². The van der Waals surface area contributed by atoms with Crippen LogP contribution < -0.4 is 22.1 Å². The Kier molecular flexibility index (Phi) is 63.7. The average Bonchev–Trinajstić information content (AvgIpc) is 3.23. The molecule has 3 atom stereocenters. The number of alkyl carbamates (subject to hydrolysis) is 1. The van der Waals surface area contributed by atoms with Gasteiger partial charge in [0.2, 0.25) is 0 Å². The molecule has 0 aliphatic heterocycles. The van der Waals surface area contributed by atoms with Gasteiger partial charge < -0.3 is 136 Å². The molecule has 89 heavy (non-hydrogen) atoms. The molecule has 0 aromatic rings. The van der Waals surface area contributed by atoms with E-state index in [0.29, 0.717) is 341 Å². The van der Waals surface area contributed by atoms with E-state index in [1.165, 1.54) is 0 Å². The molecule has 29 nitrogen and oxygen atoms in total. The normalized spacial score (nSPS) is 16.6.